The molecule has 1 aliphatic rings. The van der Waals surface area contributed by atoms with Crippen LogP contribution in [-0.2, 0) is 14.8 Å². The molecule has 0 heterocycles. The Morgan fingerprint density at radius 1 is 1.29 bits per heavy atom. The zero-order valence-electron chi connectivity index (χ0n) is 10.5. The lowest BCUT2D eigenvalue weighted by Crippen LogP contribution is -2.47. The van der Waals surface area contributed by atoms with E-state index in [9.17, 15) is 8.42 Å². The minimum absolute atomic E-state index is 0.0466. The molecule has 1 aliphatic carbocycles. The van der Waals surface area contributed by atoms with Gasteiger partial charge in [-0.25, -0.2) is 13.1 Å². The van der Waals surface area contributed by atoms with Crippen molar-refractivity contribution in [1.29, 1.82) is 0 Å². The van der Waals surface area contributed by atoms with Crippen LogP contribution in [0.3, 0.4) is 0 Å². The minimum Gasteiger partial charge on any atom is -0.385 e. The number of rotatable bonds is 6. The van der Waals surface area contributed by atoms with Crippen LogP contribution in [0, 0.1) is 0 Å². The number of methoxy groups -OCH3 is 1. The molecule has 2 atom stereocenters. The molecule has 1 saturated carbocycles. The number of hydrogen-bond acceptors (Lipinski definition) is 4. The maximum Gasteiger partial charge on any atom is 0.211 e. The molecule has 0 saturated heterocycles. The summed E-state index contributed by atoms with van der Waals surface area (Å²) in [4.78, 5) is 0. The Balaban J connectivity index is 2.44. The molecule has 5 nitrogen and oxygen atoms in total. The summed E-state index contributed by atoms with van der Waals surface area (Å²) >= 11 is 0. The van der Waals surface area contributed by atoms with E-state index in [4.69, 9.17) is 10.5 Å². The summed E-state index contributed by atoms with van der Waals surface area (Å²) in [5.41, 5.74) is 5.99. The van der Waals surface area contributed by atoms with Crippen LogP contribution in [0.25, 0.3) is 0 Å². The van der Waals surface area contributed by atoms with Gasteiger partial charge in [0.2, 0.25) is 10.0 Å². The van der Waals surface area contributed by atoms with Crippen LogP contribution in [0.2, 0.25) is 0 Å². The van der Waals surface area contributed by atoms with E-state index in [0.717, 1.165) is 32.1 Å². The highest BCUT2D eigenvalue weighted by Gasteiger charge is 2.24. The Labute approximate surface area is 104 Å². The smallest absolute Gasteiger partial charge is 0.211 e. The third-order valence-electron chi connectivity index (χ3n) is 3.16. The molecule has 0 amide bonds. The molecule has 1 rings (SSSR count). The highest BCUT2D eigenvalue weighted by molar-refractivity contribution is 7.89. The lowest BCUT2D eigenvalue weighted by Gasteiger charge is -2.22. The molecule has 0 bridgehead atoms. The number of nitrogens with one attached hydrogen (secondary N) is 1. The van der Waals surface area contributed by atoms with E-state index in [2.05, 4.69) is 4.72 Å². The van der Waals surface area contributed by atoms with Gasteiger partial charge in [-0.3, -0.25) is 0 Å². The lowest BCUT2D eigenvalue weighted by molar-refractivity contribution is 0.199. The largest absolute Gasteiger partial charge is 0.385 e. The molecular formula is C11H24N2O3S. The van der Waals surface area contributed by atoms with Crippen LogP contribution in [0.15, 0.2) is 0 Å². The van der Waals surface area contributed by atoms with Gasteiger partial charge in [-0.1, -0.05) is 19.3 Å². The minimum atomic E-state index is -3.21. The molecule has 0 aromatic heterocycles. The first-order chi connectivity index (χ1) is 8.05. The van der Waals surface area contributed by atoms with E-state index < -0.39 is 10.0 Å². The van der Waals surface area contributed by atoms with Crippen molar-refractivity contribution in [3.05, 3.63) is 0 Å². The van der Waals surface area contributed by atoms with Gasteiger partial charge < -0.3 is 10.5 Å². The van der Waals surface area contributed by atoms with Crippen LogP contribution < -0.4 is 10.5 Å². The third kappa shape index (κ3) is 5.81. The number of sulfonamides is 1. The Bertz CT molecular complexity index is 306. The zero-order chi connectivity index (χ0) is 12.7. The molecule has 0 radical (unpaired) electrons. The highest BCUT2D eigenvalue weighted by atomic mass is 32.2. The van der Waals surface area contributed by atoms with Crippen molar-refractivity contribution in [2.45, 2.75) is 50.6 Å². The molecule has 3 N–H and O–H groups in total. The average Bonchev–Trinajstić information content (AvgIpc) is 2.44. The summed E-state index contributed by atoms with van der Waals surface area (Å²) in [7, 11) is -1.64. The molecule has 0 aromatic rings. The number of nitrogens with two attached hydrogens (primary N) is 1. The summed E-state index contributed by atoms with van der Waals surface area (Å²) < 4.78 is 31.2. The second-order valence-corrected chi connectivity index (χ2v) is 6.56. The van der Waals surface area contributed by atoms with Gasteiger partial charge in [0.1, 0.15) is 0 Å². The van der Waals surface area contributed by atoms with Gasteiger partial charge in [-0.05, 0) is 19.3 Å². The summed E-state index contributed by atoms with van der Waals surface area (Å²) in [6, 6.07) is -0.139. The summed E-state index contributed by atoms with van der Waals surface area (Å²) in [5, 5.41) is 0. The van der Waals surface area contributed by atoms with E-state index in [0.29, 0.717) is 13.0 Å². The van der Waals surface area contributed by atoms with Gasteiger partial charge in [-0.15, -0.1) is 0 Å². The van der Waals surface area contributed by atoms with Gasteiger partial charge in [0, 0.05) is 25.8 Å². The quantitative estimate of drug-likeness (QED) is 0.544. The van der Waals surface area contributed by atoms with E-state index in [1.165, 1.54) is 0 Å². The predicted molar refractivity (Wildman–Crippen MR) is 68.3 cm³/mol. The fourth-order valence-electron chi connectivity index (χ4n) is 2.17. The first-order valence-electron chi connectivity index (χ1n) is 6.29. The van der Waals surface area contributed by atoms with Gasteiger partial charge in [-0.2, -0.15) is 0 Å². The molecule has 17 heavy (non-hydrogen) atoms. The van der Waals surface area contributed by atoms with Crippen molar-refractivity contribution in [2.75, 3.05) is 19.5 Å². The Hall–Kier alpha value is -0.170. The van der Waals surface area contributed by atoms with Crippen molar-refractivity contribution >= 4 is 10.0 Å². The first-order valence-corrected chi connectivity index (χ1v) is 7.95. The van der Waals surface area contributed by atoms with Crippen LogP contribution in [0.1, 0.15) is 38.5 Å². The van der Waals surface area contributed by atoms with Crippen LogP contribution in [0.5, 0.6) is 0 Å². The van der Waals surface area contributed by atoms with Gasteiger partial charge in [0.25, 0.3) is 0 Å². The van der Waals surface area contributed by atoms with Crippen molar-refractivity contribution in [1.82, 2.24) is 4.72 Å². The Morgan fingerprint density at radius 2 is 2.00 bits per heavy atom. The SMILES string of the molecule is COCCCS(=O)(=O)NC1CCCCCC1N. The highest BCUT2D eigenvalue weighted by Crippen LogP contribution is 2.17. The molecule has 0 aromatic carbocycles. The molecule has 6 heteroatoms. The van der Waals surface area contributed by atoms with E-state index in [-0.39, 0.29) is 17.8 Å². The monoisotopic (exact) mass is 264 g/mol. The Morgan fingerprint density at radius 3 is 2.71 bits per heavy atom. The van der Waals surface area contributed by atoms with E-state index >= 15 is 0 Å². The average molecular weight is 264 g/mol. The van der Waals surface area contributed by atoms with Crippen molar-refractivity contribution < 1.29 is 13.2 Å². The normalized spacial score (nSPS) is 26.7. The molecule has 0 spiro atoms. The maximum absolute atomic E-state index is 11.8. The second-order valence-electron chi connectivity index (χ2n) is 4.69. The summed E-state index contributed by atoms with van der Waals surface area (Å²) in [6.07, 6.45) is 5.58. The summed E-state index contributed by atoms with van der Waals surface area (Å²) in [6.45, 7) is 0.470. The van der Waals surface area contributed by atoms with Crippen LogP contribution >= 0.6 is 0 Å². The van der Waals surface area contributed by atoms with Crippen LogP contribution in [0.4, 0.5) is 0 Å². The van der Waals surface area contributed by atoms with Crippen molar-refractivity contribution in [2.24, 2.45) is 5.73 Å². The second kappa shape index (κ2) is 7.31. The molecular weight excluding hydrogens is 240 g/mol. The maximum atomic E-state index is 11.8. The third-order valence-corrected chi connectivity index (χ3v) is 4.65. The van der Waals surface area contributed by atoms with Gasteiger partial charge in [0.15, 0.2) is 0 Å². The molecule has 1 fully saturated rings. The topological polar surface area (TPSA) is 81.4 Å². The van der Waals surface area contributed by atoms with Crippen molar-refractivity contribution in [3.63, 3.8) is 0 Å². The number of hydrogen-bond donors (Lipinski definition) is 2. The molecule has 2 unspecified atom stereocenters. The van der Waals surface area contributed by atoms with Crippen LogP contribution in [-0.4, -0.2) is 40.0 Å². The zero-order valence-corrected chi connectivity index (χ0v) is 11.3. The lowest BCUT2D eigenvalue weighted by atomic mass is 10.1. The van der Waals surface area contributed by atoms with Gasteiger partial charge >= 0.3 is 0 Å². The predicted octanol–water partition coefficient (Wildman–Crippen LogP) is 0.602. The molecule has 0 aliphatic heterocycles. The fourth-order valence-corrected chi connectivity index (χ4v) is 3.54. The Kier molecular flexibility index (Phi) is 6.40. The number of ether oxygens (including phenoxy) is 1. The van der Waals surface area contributed by atoms with E-state index in [1.54, 1.807) is 7.11 Å². The molecule has 102 valence electrons. The van der Waals surface area contributed by atoms with E-state index in [1.807, 2.05) is 0 Å². The summed E-state index contributed by atoms with van der Waals surface area (Å²) in [5.74, 6) is 0.115. The standard InChI is InChI=1S/C11H24N2O3S/c1-16-8-5-9-17(14,15)13-11-7-4-2-3-6-10(11)12/h10-11,13H,2-9,12H2,1H3. The fraction of sp³-hybridized carbons (Fsp3) is 1.00. The van der Waals surface area contributed by atoms with Gasteiger partial charge in [0.05, 0.1) is 5.75 Å². The first kappa shape index (κ1) is 14.9. The van der Waals surface area contributed by atoms with Crippen molar-refractivity contribution in [3.8, 4) is 0 Å².